The first-order valence-corrected chi connectivity index (χ1v) is 7.68. The van der Waals surface area contributed by atoms with Gasteiger partial charge in [0.1, 0.15) is 0 Å². The predicted octanol–water partition coefficient (Wildman–Crippen LogP) is 3.22. The highest BCUT2D eigenvalue weighted by molar-refractivity contribution is 5.93. The minimum Gasteiger partial charge on any atom is -0.370 e. The standard InChI is InChI=1S/C17H18F3N3O/c1-16(15(24)21-2)6-8-23(10-16)14-5-7-22-13-9-11(17(18,19)20)3-4-12(13)14/h3-5,7,9H,6,8,10H2,1-2H3,(H,21,24). The van der Waals surface area contributed by atoms with Gasteiger partial charge in [0.25, 0.3) is 0 Å². The van der Waals surface area contributed by atoms with Crippen molar-refractivity contribution in [3.63, 3.8) is 0 Å². The molecule has 1 unspecified atom stereocenters. The number of halogens is 3. The molecule has 0 bridgehead atoms. The first kappa shape index (κ1) is 16.5. The first-order valence-electron chi connectivity index (χ1n) is 7.68. The number of carbonyl (C=O) groups excluding carboxylic acids is 1. The van der Waals surface area contributed by atoms with Crippen LogP contribution in [0.15, 0.2) is 30.5 Å². The SMILES string of the molecule is CNC(=O)C1(C)CCN(c2ccnc3cc(C(F)(F)F)ccc23)C1. The summed E-state index contributed by atoms with van der Waals surface area (Å²) in [7, 11) is 1.61. The average molecular weight is 337 g/mol. The minimum absolute atomic E-state index is 0.0253. The van der Waals surface area contributed by atoms with Gasteiger partial charge in [-0.25, -0.2) is 0 Å². The van der Waals surface area contributed by atoms with Crippen LogP contribution >= 0.6 is 0 Å². The Kier molecular flexibility index (Phi) is 3.89. The van der Waals surface area contributed by atoms with Gasteiger partial charge in [-0.15, -0.1) is 0 Å². The molecule has 1 aliphatic rings. The minimum atomic E-state index is -4.39. The summed E-state index contributed by atoms with van der Waals surface area (Å²) in [6.45, 7) is 3.09. The lowest BCUT2D eigenvalue weighted by molar-refractivity contribution is -0.137. The van der Waals surface area contributed by atoms with Gasteiger partial charge in [0.2, 0.25) is 5.91 Å². The van der Waals surface area contributed by atoms with E-state index in [4.69, 9.17) is 0 Å². The number of amides is 1. The number of nitrogens with one attached hydrogen (secondary N) is 1. The maximum Gasteiger partial charge on any atom is 0.416 e. The zero-order valence-corrected chi connectivity index (χ0v) is 13.4. The Morgan fingerprint density at radius 1 is 1.33 bits per heavy atom. The second kappa shape index (κ2) is 5.65. The molecular formula is C17H18F3N3O. The van der Waals surface area contributed by atoms with E-state index in [1.165, 1.54) is 12.3 Å². The van der Waals surface area contributed by atoms with E-state index in [0.29, 0.717) is 30.4 Å². The third kappa shape index (κ3) is 2.79. The third-order valence-electron chi connectivity index (χ3n) is 4.64. The molecule has 1 amide bonds. The zero-order chi connectivity index (χ0) is 17.5. The Morgan fingerprint density at radius 3 is 2.75 bits per heavy atom. The highest BCUT2D eigenvalue weighted by Crippen LogP contribution is 2.37. The van der Waals surface area contributed by atoms with Crippen molar-refractivity contribution in [3.05, 3.63) is 36.0 Å². The highest BCUT2D eigenvalue weighted by Gasteiger charge is 2.40. The molecule has 24 heavy (non-hydrogen) atoms. The number of hydrogen-bond donors (Lipinski definition) is 1. The molecule has 2 heterocycles. The molecular weight excluding hydrogens is 319 g/mol. The number of carbonyl (C=O) groups is 1. The van der Waals surface area contributed by atoms with Gasteiger partial charge in [-0.1, -0.05) is 6.07 Å². The van der Waals surface area contributed by atoms with Crippen molar-refractivity contribution in [2.24, 2.45) is 5.41 Å². The van der Waals surface area contributed by atoms with Crippen molar-refractivity contribution in [2.45, 2.75) is 19.5 Å². The van der Waals surface area contributed by atoms with Crippen LogP contribution < -0.4 is 10.2 Å². The van der Waals surface area contributed by atoms with Crippen molar-refractivity contribution in [3.8, 4) is 0 Å². The van der Waals surface area contributed by atoms with Gasteiger partial charge < -0.3 is 10.2 Å². The van der Waals surface area contributed by atoms with Gasteiger partial charge in [0.15, 0.2) is 0 Å². The summed E-state index contributed by atoms with van der Waals surface area (Å²) in [5, 5.41) is 3.34. The number of aromatic nitrogens is 1. The average Bonchev–Trinajstić information content (AvgIpc) is 2.95. The van der Waals surface area contributed by atoms with Crippen LogP contribution in [-0.2, 0) is 11.0 Å². The van der Waals surface area contributed by atoms with Crippen molar-refractivity contribution < 1.29 is 18.0 Å². The Hall–Kier alpha value is -2.31. The molecule has 3 rings (SSSR count). The van der Waals surface area contributed by atoms with Crippen LogP contribution in [0.2, 0.25) is 0 Å². The zero-order valence-electron chi connectivity index (χ0n) is 13.4. The van der Waals surface area contributed by atoms with E-state index >= 15 is 0 Å². The fourth-order valence-corrected chi connectivity index (χ4v) is 3.24. The summed E-state index contributed by atoms with van der Waals surface area (Å²) in [6, 6.07) is 5.37. The molecule has 128 valence electrons. The molecule has 0 aliphatic carbocycles. The molecule has 1 aliphatic heterocycles. The Labute approximate surface area is 137 Å². The summed E-state index contributed by atoms with van der Waals surface area (Å²) in [6.07, 6.45) is -2.19. The summed E-state index contributed by atoms with van der Waals surface area (Å²) >= 11 is 0. The fraction of sp³-hybridized carbons (Fsp3) is 0.412. The molecule has 2 aromatic rings. The lowest BCUT2D eigenvalue weighted by Gasteiger charge is -2.24. The van der Waals surface area contributed by atoms with Crippen molar-refractivity contribution in [2.75, 3.05) is 25.0 Å². The van der Waals surface area contributed by atoms with Gasteiger partial charge >= 0.3 is 6.18 Å². The van der Waals surface area contributed by atoms with E-state index < -0.39 is 17.2 Å². The second-order valence-corrected chi connectivity index (χ2v) is 6.37. The van der Waals surface area contributed by atoms with E-state index in [-0.39, 0.29) is 5.91 Å². The van der Waals surface area contributed by atoms with Crippen LogP contribution in [0.4, 0.5) is 18.9 Å². The van der Waals surface area contributed by atoms with Gasteiger partial charge in [-0.05, 0) is 31.5 Å². The van der Waals surface area contributed by atoms with E-state index in [0.717, 1.165) is 17.8 Å². The summed E-state index contributed by atoms with van der Waals surface area (Å²) in [4.78, 5) is 18.2. The van der Waals surface area contributed by atoms with Gasteiger partial charge in [-0.2, -0.15) is 13.2 Å². The number of nitrogens with zero attached hydrogens (tertiary/aromatic N) is 2. The lowest BCUT2D eigenvalue weighted by atomic mass is 9.89. The van der Waals surface area contributed by atoms with E-state index in [1.807, 2.05) is 11.8 Å². The molecule has 0 spiro atoms. The quantitative estimate of drug-likeness (QED) is 0.915. The first-order chi connectivity index (χ1) is 11.2. The van der Waals surface area contributed by atoms with E-state index in [1.54, 1.807) is 13.1 Å². The van der Waals surface area contributed by atoms with Gasteiger partial charge in [-0.3, -0.25) is 9.78 Å². The molecule has 1 aromatic heterocycles. The molecule has 0 radical (unpaired) electrons. The number of benzene rings is 1. The number of anilines is 1. The molecule has 1 fully saturated rings. The Balaban J connectivity index is 1.98. The molecule has 1 aromatic carbocycles. The number of pyridine rings is 1. The summed E-state index contributed by atoms with van der Waals surface area (Å²) in [5.41, 5.74) is -0.107. The highest BCUT2D eigenvalue weighted by atomic mass is 19.4. The molecule has 1 atom stereocenters. The molecule has 1 saturated heterocycles. The van der Waals surface area contributed by atoms with Crippen LogP contribution in [-0.4, -0.2) is 31.0 Å². The van der Waals surface area contributed by atoms with Crippen molar-refractivity contribution >= 4 is 22.5 Å². The van der Waals surface area contributed by atoms with Crippen molar-refractivity contribution in [1.82, 2.24) is 10.3 Å². The smallest absolute Gasteiger partial charge is 0.370 e. The summed E-state index contributed by atoms with van der Waals surface area (Å²) < 4.78 is 38.6. The molecule has 7 heteroatoms. The van der Waals surface area contributed by atoms with Crippen LogP contribution in [0.25, 0.3) is 10.9 Å². The number of alkyl halides is 3. The summed E-state index contributed by atoms with van der Waals surface area (Å²) in [5.74, 6) is -0.0253. The number of rotatable bonds is 2. The molecule has 4 nitrogen and oxygen atoms in total. The Morgan fingerprint density at radius 2 is 2.08 bits per heavy atom. The van der Waals surface area contributed by atoms with E-state index in [2.05, 4.69) is 10.3 Å². The van der Waals surface area contributed by atoms with E-state index in [9.17, 15) is 18.0 Å². The number of fused-ring (bicyclic) bond motifs is 1. The van der Waals surface area contributed by atoms with Crippen molar-refractivity contribution in [1.29, 1.82) is 0 Å². The largest absolute Gasteiger partial charge is 0.416 e. The van der Waals surface area contributed by atoms with Crippen LogP contribution in [0.5, 0.6) is 0 Å². The lowest BCUT2D eigenvalue weighted by Crippen LogP contribution is -2.39. The molecule has 0 saturated carbocycles. The number of hydrogen-bond acceptors (Lipinski definition) is 3. The monoisotopic (exact) mass is 337 g/mol. The van der Waals surface area contributed by atoms with Crippen LogP contribution in [0.1, 0.15) is 18.9 Å². The van der Waals surface area contributed by atoms with Crippen LogP contribution in [0, 0.1) is 5.41 Å². The predicted molar refractivity (Wildman–Crippen MR) is 85.7 cm³/mol. The molecule has 1 N–H and O–H groups in total. The topological polar surface area (TPSA) is 45.2 Å². The fourth-order valence-electron chi connectivity index (χ4n) is 3.24. The third-order valence-corrected chi connectivity index (χ3v) is 4.64. The normalized spacial score (nSPS) is 21.3. The van der Waals surface area contributed by atoms with Gasteiger partial charge in [0.05, 0.1) is 16.5 Å². The van der Waals surface area contributed by atoms with Gasteiger partial charge in [0, 0.05) is 37.4 Å². The maximum absolute atomic E-state index is 12.9. The second-order valence-electron chi connectivity index (χ2n) is 6.37. The Bertz CT molecular complexity index is 790. The van der Waals surface area contributed by atoms with Crippen LogP contribution in [0.3, 0.4) is 0 Å². The maximum atomic E-state index is 12.9.